The average molecular weight is 290 g/mol. The van der Waals surface area contributed by atoms with Crippen molar-refractivity contribution in [2.45, 2.75) is 45.7 Å². The number of para-hydroxylation sites is 1. The van der Waals surface area contributed by atoms with Gasteiger partial charge in [0.1, 0.15) is 6.04 Å². The molecule has 1 heterocycles. The second-order valence-electron chi connectivity index (χ2n) is 5.63. The molecule has 1 aliphatic heterocycles. The minimum absolute atomic E-state index is 0.0413. The van der Waals surface area contributed by atoms with Crippen LogP contribution in [-0.2, 0) is 11.2 Å². The molecule has 0 bridgehead atoms. The highest BCUT2D eigenvalue weighted by Gasteiger charge is 2.40. The number of urea groups is 1. The first-order valence-corrected chi connectivity index (χ1v) is 7.37. The lowest BCUT2D eigenvalue weighted by molar-refractivity contribution is -0.138. The van der Waals surface area contributed by atoms with E-state index in [0.29, 0.717) is 13.0 Å². The molecule has 1 aromatic carbocycles. The van der Waals surface area contributed by atoms with Crippen molar-refractivity contribution < 1.29 is 14.7 Å². The lowest BCUT2D eigenvalue weighted by atomic mass is 10.1. The summed E-state index contributed by atoms with van der Waals surface area (Å²) in [6, 6.07) is 6.43. The predicted molar refractivity (Wildman–Crippen MR) is 81.6 cm³/mol. The van der Waals surface area contributed by atoms with Crippen molar-refractivity contribution in [2.75, 3.05) is 11.4 Å². The Morgan fingerprint density at radius 2 is 2.05 bits per heavy atom. The summed E-state index contributed by atoms with van der Waals surface area (Å²) in [7, 11) is 0. The van der Waals surface area contributed by atoms with Gasteiger partial charge in [0.25, 0.3) is 0 Å². The van der Waals surface area contributed by atoms with Crippen LogP contribution in [0.1, 0.15) is 32.8 Å². The lowest BCUT2D eigenvalue weighted by Crippen LogP contribution is -2.52. The van der Waals surface area contributed by atoms with E-state index in [9.17, 15) is 14.7 Å². The van der Waals surface area contributed by atoms with Crippen molar-refractivity contribution in [1.82, 2.24) is 4.90 Å². The first kappa shape index (κ1) is 15.4. The van der Waals surface area contributed by atoms with E-state index in [1.54, 1.807) is 4.90 Å². The number of nitrogens with zero attached hydrogens (tertiary/aromatic N) is 2. The van der Waals surface area contributed by atoms with Crippen LogP contribution in [0, 0.1) is 0 Å². The molecule has 21 heavy (non-hydrogen) atoms. The van der Waals surface area contributed by atoms with Gasteiger partial charge in [0.05, 0.1) is 0 Å². The molecule has 2 rings (SSSR count). The Labute approximate surface area is 125 Å². The molecule has 0 radical (unpaired) electrons. The second-order valence-corrected chi connectivity index (χ2v) is 5.63. The zero-order valence-corrected chi connectivity index (χ0v) is 12.7. The fourth-order valence-electron chi connectivity index (χ4n) is 2.77. The molecule has 1 N–H and O–H groups in total. The standard InChI is InChI=1S/C16H22N2O3/c1-4-9-17(11(2)3)16(21)18-13-8-6-5-7-12(13)10-14(18)15(19)20/h5-8,11,14H,4,9-10H2,1-3H3,(H,19,20)/t14-/m0/s1. The van der Waals surface area contributed by atoms with Crippen LogP contribution in [0.3, 0.4) is 0 Å². The minimum Gasteiger partial charge on any atom is -0.480 e. The highest BCUT2D eigenvalue weighted by molar-refractivity contribution is 6.01. The van der Waals surface area contributed by atoms with Crippen LogP contribution in [0.5, 0.6) is 0 Å². The van der Waals surface area contributed by atoms with Gasteiger partial charge in [0, 0.05) is 24.7 Å². The van der Waals surface area contributed by atoms with Crippen LogP contribution in [0.15, 0.2) is 24.3 Å². The molecular weight excluding hydrogens is 268 g/mol. The predicted octanol–water partition coefficient (Wildman–Crippen LogP) is 2.74. The summed E-state index contributed by atoms with van der Waals surface area (Å²) < 4.78 is 0. The van der Waals surface area contributed by atoms with Gasteiger partial charge in [-0.25, -0.2) is 9.59 Å². The molecule has 5 nitrogen and oxygen atoms in total. The number of carbonyl (C=O) groups is 2. The highest BCUT2D eigenvalue weighted by Crippen LogP contribution is 2.33. The number of fused-ring (bicyclic) bond motifs is 1. The van der Waals surface area contributed by atoms with Gasteiger partial charge in [-0.2, -0.15) is 0 Å². The molecular formula is C16H22N2O3. The number of anilines is 1. The van der Waals surface area contributed by atoms with Gasteiger partial charge in [-0.15, -0.1) is 0 Å². The van der Waals surface area contributed by atoms with E-state index in [0.717, 1.165) is 17.7 Å². The van der Waals surface area contributed by atoms with Crippen molar-refractivity contribution >= 4 is 17.7 Å². The van der Waals surface area contributed by atoms with Crippen molar-refractivity contribution in [2.24, 2.45) is 0 Å². The summed E-state index contributed by atoms with van der Waals surface area (Å²) in [5, 5.41) is 9.44. The molecule has 0 aliphatic carbocycles. The molecule has 2 amide bonds. The number of rotatable bonds is 4. The molecule has 0 aromatic heterocycles. The molecule has 114 valence electrons. The number of carbonyl (C=O) groups excluding carboxylic acids is 1. The van der Waals surface area contributed by atoms with Crippen LogP contribution in [0.4, 0.5) is 10.5 Å². The maximum absolute atomic E-state index is 12.8. The van der Waals surface area contributed by atoms with Gasteiger partial charge in [-0.05, 0) is 31.9 Å². The summed E-state index contributed by atoms with van der Waals surface area (Å²) in [6.07, 6.45) is 1.21. The first-order chi connectivity index (χ1) is 9.97. The summed E-state index contributed by atoms with van der Waals surface area (Å²) in [5.74, 6) is -0.959. The quantitative estimate of drug-likeness (QED) is 0.927. The second kappa shape index (κ2) is 6.16. The summed E-state index contributed by atoms with van der Waals surface area (Å²) in [4.78, 5) is 27.5. The third-order valence-electron chi connectivity index (χ3n) is 3.80. The maximum Gasteiger partial charge on any atom is 0.327 e. The SMILES string of the molecule is CCCN(C(=O)N1c2ccccc2C[C@H]1C(=O)O)C(C)C. The Morgan fingerprint density at radius 3 is 2.62 bits per heavy atom. The molecule has 0 fully saturated rings. The number of amides is 2. The number of benzene rings is 1. The third-order valence-corrected chi connectivity index (χ3v) is 3.80. The van der Waals surface area contributed by atoms with Gasteiger partial charge in [0.2, 0.25) is 0 Å². The van der Waals surface area contributed by atoms with Crippen molar-refractivity contribution in [3.63, 3.8) is 0 Å². The molecule has 1 atom stereocenters. The number of carboxylic acids is 1. The van der Waals surface area contributed by atoms with E-state index in [4.69, 9.17) is 0 Å². The number of aliphatic carboxylic acids is 1. The van der Waals surface area contributed by atoms with Gasteiger partial charge in [-0.1, -0.05) is 25.1 Å². The number of carboxylic acid groups (broad SMARTS) is 1. The fraction of sp³-hybridized carbons (Fsp3) is 0.500. The normalized spacial score (nSPS) is 17.0. The first-order valence-electron chi connectivity index (χ1n) is 7.37. The van der Waals surface area contributed by atoms with Crippen LogP contribution in [0.25, 0.3) is 0 Å². The summed E-state index contributed by atoms with van der Waals surface area (Å²) in [5.41, 5.74) is 1.63. The van der Waals surface area contributed by atoms with E-state index in [1.807, 2.05) is 45.0 Å². The van der Waals surface area contributed by atoms with Crippen molar-refractivity contribution in [3.05, 3.63) is 29.8 Å². The number of hydrogen-bond donors (Lipinski definition) is 1. The zero-order valence-electron chi connectivity index (χ0n) is 12.7. The molecule has 0 saturated carbocycles. The van der Waals surface area contributed by atoms with Gasteiger partial charge in [0.15, 0.2) is 0 Å². The highest BCUT2D eigenvalue weighted by atomic mass is 16.4. The zero-order chi connectivity index (χ0) is 15.6. The summed E-state index contributed by atoms with van der Waals surface area (Å²) >= 11 is 0. The van der Waals surface area contributed by atoms with E-state index < -0.39 is 12.0 Å². The maximum atomic E-state index is 12.8. The molecule has 0 saturated heterocycles. The Bertz CT molecular complexity index is 542. The van der Waals surface area contributed by atoms with Gasteiger partial charge >= 0.3 is 12.0 Å². The van der Waals surface area contributed by atoms with Crippen molar-refractivity contribution in [3.8, 4) is 0 Å². The van der Waals surface area contributed by atoms with Crippen LogP contribution in [-0.4, -0.2) is 40.6 Å². The van der Waals surface area contributed by atoms with Crippen LogP contribution in [0.2, 0.25) is 0 Å². The Hall–Kier alpha value is -2.04. The topological polar surface area (TPSA) is 60.9 Å². The Kier molecular flexibility index (Phi) is 4.50. The molecule has 0 spiro atoms. The molecule has 0 unspecified atom stereocenters. The number of hydrogen-bond acceptors (Lipinski definition) is 2. The van der Waals surface area contributed by atoms with E-state index in [2.05, 4.69) is 0 Å². The molecule has 1 aromatic rings. The van der Waals surface area contributed by atoms with Crippen molar-refractivity contribution in [1.29, 1.82) is 0 Å². The monoisotopic (exact) mass is 290 g/mol. The van der Waals surface area contributed by atoms with E-state index >= 15 is 0 Å². The molecule has 5 heteroatoms. The average Bonchev–Trinajstić information content (AvgIpc) is 2.83. The Balaban J connectivity index is 2.38. The van der Waals surface area contributed by atoms with Crippen LogP contribution < -0.4 is 4.90 Å². The molecule has 1 aliphatic rings. The van der Waals surface area contributed by atoms with Gasteiger partial charge < -0.3 is 10.0 Å². The lowest BCUT2D eigenvalue weighted by Gasteiger charge is -2.33. The smallest absolute Gasteiger partial charge is 0.327 e. The minimum atomic E-state index is -0.959. The summed E-state index contributed by atoms with van der Waals surface area (Å²) in [6.45, 7) is 6.54. The Morgan fingerprint density at radius 1 is 1.38 bits per heavy atom. The fourth-order valence-corrected chi connectivity index (χ4v) is 2.77. The van der Waals surface area contributed by atoms with Gasteiger partial charge in [-0.3, -0.25) is 4.90 Å². The van der Waals surface area contributed by atoms with Crippen LogP contribution >= 0.6 is 0 Å². The third kappa shape index (κ3) is 2.86. The van der Waals surface area contributed by atoms with E-state index in [1.165, 1.54) is 4.90 Å². The van der Waals surface area contributed by atoms with E-state index in [-0.39, 0.29) is 12.1 Å². The largest absolute Gasteiger partial charge is 0.480 e.